The first kappa shape index (κ1) is 26.9. The Labute approximate surface area is 202 Å². The zero-order valence-corrected chi connectivity index (χ0v) is 20.4. The van der Waals surface area contributed by atoms with Gasteiger partial charge in [-0.15, -0.1) is 0 Å². The Morgan fingerprint density at radius 3 is 2.26 bits per heavy atom. The summed E-state index contributed by atoms with van der Waals surface area (Å²) in [6.07, 6.45) is 2.57. The van der Waals surface area contributed by atoms with Gasteiger partial charge in [0.1, 0.15) is 0 Å². The molecule has 3 N–H and O–H groups in total. The van der Waals surface area contributed by atoms with E-state index in [4.69, 9.17) is 4.74 Å². The second-order valence-corrected chi connectivity index (χ2v) is 7.95. The van der Waals surface area contributed by atoms with Crippen LogP contribution in [0.1, 0.15) is 53.8 Å². The van der Waals surface area contributed by atoms with Crippen LogP contribution in [0.3, 0.4) is 0 Å². The van der Waals surface area contributed by atoms with Crippen LogP contribution < -0.4 is 16.0 Å². The van der Waals surface area contributed by atoms with E-state index >= 15 is 0 Å². The molecule has 2 aromatic carbocycles. The number of methoxy groups -OCH3 is 1. The molecule has 0 aliphatic rings. The number of hydrogen-bond donors (Lipinski definition) is 3. The SMILES string of the molecule is CCCN(CCC)C(=O)c1ccc(NCC(=O)Nc2cccc(C(=O)NCCCOC)c2)cc1. The summed E-state index contributed by atoms with van der Waals surface area (Å²) in [6, 6.07) is 13.9. The molecule has 8 nitrogen and oxygen atoms in total. The van der Waals surface area contributed by atoms with Gasteiger partial charge in [-0.2, -0.15) is 0 Å². The summed E-state index contributed by atoms with van der Waals surface area (Å²) in [4.78, 5) is 39.2. The first-order valence-corrected chi connectivity index (χ1v) is 11.8. The molecule has 0 aliphatic heterocycles. The standard InChI is InChI=1S/C26H36N4O4/c1-4-15-30(16-5-2)26(33)20-10-12-22(13-11-20)28-19-24(31)29-23-9-6-8-21(18-23)25(32)27-14-7-17-34-3/h6,8-13,18,28H,4-5,7,14-17,19H2,1-3H3,(H,27,32)(H,29,31). The molecular formula is C26H36N4O4. The fraction of sp³-hybridized carbons (Fsp3) is 0.423. The number of ether oxygens (including phenoxy) is 1. The maximum atomic E-state index is 12.7. The van der Waals surface area contributed by atoms with Gasteiger partial charge in [0.2, 0.25) is 5.91 Å². The van der Waals surface area contributed by atoms with Crippen molar-refractivity contribution < 1.29 is 19.1 Å². The smallest absolute Gasteiger partial charge is 0.253 e. The molecule has 0 fully saturated rings. The van der Waals surface area contributed by atoms with Gasteiger partial charge >= 0.3 is 0 Å². The molecule has 0 aromatic heterocycles. The van der Waals surface area contributed by atoms with Gasteiger partial charge in [-0.05, 0) is 61.7 Å². The molecule has 2 aromatic rings. The van der Waals surface area contributed by atoms with Gasteiger partial charge in [-0.1, -0.05) is 19.9 Å². The predicted molar refractivity (Wildman–Crippen MR) is 135 cm³/mol. The number of benzene rings is 2. The topological polar surface area (TPSA) is 99.8 Å². The summed E-state index contributed by atoms with van der Waals surface area (Å²) in [6.45, 7) is 6.75. The fourth-order valence-electron chi connectivity index (χ4n) is 3.41. The van der Waals surface area contributed by atoms with E-state index in [0.29, 0.717) is 30.0 Å². The lowest BCUT2D eigenvalue weighted by molar-refractivity contribution is -0.114. The molecule has 0 atom stereocenters. The van der Waals surface area contributed by atoms with E-state index in [1.165, 1.54) is 0 Å². The van der Waals surface area contributed by atoms with Crippen LogP contribution in [-0.4, -0.2) is 62.5 Å². The molecule has 0 heterocycles. The van der Waals surface area contributed by atoms with Crippen molar-refractivity contribution in [2.45, 2.75) is 33.1 Å². The lowest BCUT2D eigenvalue weighted by Gasteiger charge is -2.21. The Hall–Kier alpha value is -3.39. The summed E-state index contributed by atoms with van der Waals surface area (Å²) in [5, 5.41) is 8.68. The Morgan fingerprint density at radius 2 is 1.62 bits per heavy atom. The highest BCUT2D eigenvalue weighted by molar-refractivity contribution is 5.98. The number of carbonyl (C=O) groups is 3. The van der Waals surface area contributed by atoms with E-state index in [2.05, 4.69) is 29.8 Å². The molecule has 0 spiro atoms. The third-order valence-corrected chi connectivity index (χ3v) is 5.08. The molecule has 34 heavy (non-hydrogen) atoms. The van der Waals surface area contributed by atoms with Crippen LogP contribution in [0.4, 0.5) is 11.4 Å². The number of nitrogens with one attached hydrogen (secondary N) is 3. The summed E-state index contributed by atoms with van der Waals surface area (Å²) < 4.78 is 4.97. The number of rotatable bonds is 14. The highest BCUT2D eigenvalue weighted by Crippen LogP contribution is 2.13. The Kier molecular flexibility index (Phi) is 11.6. The highest BCUT2D eigenvalue weighted by atomic mass is 16.5. The maximum absolute atomic E-state index is 12.7. The summed E-state index contributed by atoms with van der Waals surface area (Å²) in [5.74, 6) is -0.415. The van der Waals surface area contributed by atoms with Crippen LogP contribution in [0, 0.1) is 0 Å². The Bertz CT molecular complexity index is 925. The molecule has 184 valence electrons. The summed E-state index contributed by atoms with van der Waals surface area (Å²) in [5.41, 5.74) is 2.40. The van der Waals surface area contributed by atoms with Crippen molar-refractivity contribution in [1.29, 1.82) is 0 Å². The second-order valence-electron chi connectivity index (χ2n) is 7.95. The lowest BCUT2D eigenvalue weighted by Crippen LogP contribution is -2.32. The van der Waals surface area contributed by atoms with Crippen molar-refractivity contribution in [3.05, 3.63) is 59.7 Å². The first-order chi connectivity index (χ1) is 16.5. The largest absolute Gasteiger partial charge is 0.385 e. The van der Waals surface area contributed by atoms with Crippen LogP contribution >= 0.6 is 0 Å². The molecule has 0 unspecified atom stereocenters. The van der Waals surface area contributed by atoms with Gasteiger partial charge in [0.25, 0.3) is 11.8 Å². The van der Waals surface area contributed by atoms with Gasteiger partial charge < -0.3 is 25.6 Å². The van der Waals surface area contributed by atoms with Crippen LogP contribution in [0.2, 0.25) is 0 Å². The number of hydrogen-bond acceptors (Lipinski definition) is 5. The van der Waals surface area contributed by atoms with Gasteiger partial charge in [-0.3, -0.25) is 14.4 Å². The number of anilines is 2. The van der Waals surface area contributed by atoms with Crippen LogP contribution in [0.15, 0.2) is 48.5 Å². The quantitative estimate of drug-likeness (QED) is 0.367. The minimum Gasteiger partial charge on any atom is -0.385 e. The minimum atomic E-state index is -0.241. The lowest BCUT2D eigenvalue weighted by atomic mass is 10.1. The van der Waals surface area contributed by atoms with Crippen molar-refractivity contribution in [1.82, 2.24) is 10.2 Å². The van der Waals surface area contributed by atoms with Gasteiger partial charge in [0.15, 0.2) is 0 Å². The third-order valence-electron chi connectivity index (χ3n) is 5.08. The summed E-state index contributed by atoms with van der Waals surface area (Å²) in [7, 11) is 1.62. The monoisotopic (exact) mass is 468 g/mol. The normalized spacial score (nSPS) is 10.4. The summed E-state index contributed by atoms with van der Waals surface area (Å²) >= 11 is 0. The maximum Gasteiger partial charge on any atom is 0.253 e. The van der Waals surface area contributed by atoms with Crippen LogP contribution in [0.25, 0.3) is 0 Å². The predicted octanol–water partition coefficient (Wildman–Crippen LogP) is 3.77. The van der Waals surface area contributed by atoms with Crippen molar-refractivity contribution in [3.8, 4) is 0 Å². The van der Waals surface area contributed by atoms with E-state index in [1.807, 2.05) is 4.90 Å². The molecule has 0 saturated carbocycles. The molecule has 8 heteroatoms. The van der Waals surface area contributed by atoms with Crippen molar-refractivity contribution in [2.24, 2.45) is 0 Å². The van der Waals surface area contributed by atoms with Crippen molar-refractivity contribution in [3.63, 3.8) is 0 Å². The average Bonchev–Trinajstić information content (AvgIpc) is 2.85. The first-order valence-electron chi connectivity index (χ1n) is 11.8. The average molecular weight is 469 g/mol. The third kappa shape index (κ3) is 8.86. The van der Waals surface area contributed by atoms with E-state index in [9.17, 15) is 14.4 Å². The molecule has 0 saturated heterocycles. The Morgan fingerprint density at radius 1 is 0.912 bits per heavy atom. The van der Waals surface area contributed by atoms with Crippen LogP contribution in [0.5, 0.6) is 0 Å². The van der Waals surface area contributed by atoms with Gasteiger partial charge in [0.05, 0.1) is 6.54 Å². The van der Waals surface area contributed by atoms with Gasteiger partial charge in [-0.25, -0.2) is 0 Å². The molecular weight excluding hydrogens is 432 g/mol. The van der Waals surface area contributed by atoms with E-state index < -0.39 is 0 Å². The molecule has 0 aliphatic carbocycles. The Balaban J connectivity index is 1.86. The number of carbonyl (C=O) groups excluding carboxylic acids is 3. The second kappa shape index (κ2) is 14.7. The minimum absolute atomic E-state index is 0.0237. The van der Waals surface area contributed by atoms with Crippen molar-refractivity contribution in [2.75, 3.05) is 50.5 Å². The van der Waals surface area contributed by atoms with E-state index in [1.54, 1.807) is 55.6 Å². The highest BCUT2D eigenvalue weighted by Gasteiger charge is 2.14. The molecule has 0 bridgehead atoms. The molecule has 2 rings (SSSR count). The van der Waals surface area contributed by atoms with Gasteiger partial charge in [0, 0.05) is 55.9 Å². The van der Waals surface area contributed by atoms with E-state index in [-0.39, 0.29) is 24.3 Å². The zero-order valence-electron chi connectivity index (χ0n) is 20.4. The number of amides is 3. The van der Waals surface area contributed by atoms with E-state index in [0.717, 1.165) is 38.0 Å². The zero-order chi connectivity index (χ0) is 24.8. The molecule has 0 radical (unpaired) electrons. The van der Waals surface area contributed by atoms with Crippen LogP contribution in [-0.2, 0) is 9.53 Å². The number of nitrogens with zero attached hydrogens (tertiary/aromatic N) is 1. The van der Waals surface area contributed by atoms with Crippen molar-refractivity contribution >= 4 is 29.1 Å². The molecule has 3 amide bonds. The fourth-order valence-corrected chi connectivity index (χ4v) is 3.41.